The molecule has 0 spiro atoms. The topological polar surface area (TPSA) is 91.7 Å². The summed E-state index contributed by atoms with van der Waals surface area (Å²) in [4.78, 5) is 33.5. The van der Waals surface area contributed by atoms with Crippen molar-refractivity contribution in [3.63, 3.8) is 0 Å². The van der Waals surface area contributed by atoms with Gasteiger partial charge in [-0.1, -0.05) is 36.4 Å². The normalized spacial score (nSPS) is 23.7. The van der Waals surface area contributed by atoms with E-state index in [4.69, 9.17) is 0 Å². The first-order valence-corrected chi connectivity index (χ1v) is 6.49. The van der Waals surface area contributed by atoms with Crippen molar-refractivity contribution in [2.45, 2.75) is 12.1 Å². The van der Waals surface area contributed by atoms with Crippen LogP contribution in [0.4, 0.5) is 4.39 Å². The fourth-order valence-corrected chi connectivity index (χ4v) is 2.62. The summed E-state index contributed by atoms with van der Waals surface area (Å²) in [5, 5.41) is 18.5. The van der Waals surface area contributed by atoms with E-state index in [1.165, 1.54) is 36.4 Å². The monoisotopic (exact) mass is 304 g/mol. The summed E-state index contributed by atoms with van der Waals surface area (Å²) in [5.41, 5.74) is -3.27. The predicted molar refractivity (Wildman–Crippen MR) is 75.2 cm³/mol. The Hall–Kier alpha value is -2.76. The molecular formula is C16H13FO5. The van der Waals surface area contributed by atoms with Crippen LogP contribution in [0, 0.1) is 5.92 Å². The van der Waals surface area contributed by atoms with Crippen molar-refractivity contribution in [3.8, 4) is 0 Å². The summed E-state index contributed by atoms with van der Waals surface area (Å²) < 4.78 is 15.8. The molecule has 2 unspecified atom stereocenters. The van der Waals surface area contributed by atoms with Gasteiger partial charge in [-0.15, -0.1) is 0 Å². The van der Waals surface area contributed by atoms with Crippen LogP contribution in [0.5, 0.6) is 0 Å². The van der Waals surface area contributed by atoms with Gasteiger partial charge in [0.2, 0.25) is 0 Å². The Kier molecular flexibility index (Phi) is 4.21. The van der Waals surface area contributed by atoms with Crippen molar-refractivity contribution >= 4 is 18.2 Å². The molecule has 0 amide bonds. The number of rotatable bonds is 5. The number of carbonyl (C=O) groups excluding carboxylic acids is 1. The smallest absolute Gasteiger partial charge is 0.336 e. The van der Waals surface area contributed by atoms with E-state index in [9.17, 15) is 24.6 Å². The molecule has 0 heterocycles. The van der Waals surface area contributed by atoms with Crippen LogP contribution in [0.25, 0.3) is 0 Å². The van der Waals surface area contributed by atoms with Gasteiger partial charge in [-0.2, -0.15) is 0 Å². The molecule has 0 radical (unpaired) electrons. The van der Waals surface area contributed by atoms with E-state index < -0.39 is 23.5 Å². The lowest BCUT2D eigenvalue weighted by Gasteiger charge is -2.34. The van der Waals surface area contributed by atoms with Crippen molar-refractivity contribution in [2.24, 2.45) is 5.92 Å². The maximum Gasteiger partial charge on any atom is 0.336 e. The number of allylic oxidation sites excluding steroid dienone is 3. The maximum atomic E-state index is 15.8. The number of aromatic carboxylic acids is 1. The van der Waals surface area contributed by atoms with Crippen LogP contribution >= 0.6 is 0 Å². The summed E-state index contributed by atoms with van der Waals surface area (Å²) >= 11 is 0. The van der Waals surface area contributed by atoms with Gasteiger partial charge in [-0.05, 0) is 11.6 Å². The Balaban J connectivity index is 2.72. The minimum absolute atomic E-state index is 0.0777. The fourth-order valence-electron chi connectivity index (χ4n) is 2.62. The molecule has 0 saturated heterocycles. The Morgan fingerprint density at radius 3 is 2.55 bits per heavy atom. The van der Waals surface area contributed by atoms with Gasteiger partial charge in [0.25, 0.3) is 0 Å². The molecule has 22 heavy (non-hydrogen) atoms. The van der Waals surface area contributed by atoms with Crippen molar-refractivity contribution in [1.82, 2.24) is 0 Å². The second-order valence-corrected chi connectivity index (χ2v) is 4.83. The molecule has 0 fully saturated rings. The Bertz CT molecular complexity index is 692. The molecule has 114 valence electrons. The third-order valence-electron chi connectivity index (χ3n) is 3.62. The molecule has 1 aromatic carbocycles. The van der Waals surface area contributed by atoms with E-state index in [-0.39, 0.29) is 23.1 Å². The highest BCUT2D eigenvalue weighted by atomic mass is 19.1. The predicted octanol–water partition coefficient (Wildman–Crippen LogP) is 2.34. The summed E-state index contributed by atoms with van der Waals surface area (Å²) in [6.45, 7) is 0. The van der Waals surface area contributed by atoms with Gasteiger partial charge in [-0.3, -0.25) is 4.79 Å². The molecule has 2 atom stereocenters. The Morgan fingerprint density at radius 1 is 1.27 bits per heavy atom. The minimum Gasteiger partial charge on any atom is -0.481 e. The van der Waals surface area contributed by atoms with Gasteiger partial charge < -0.3 is 15.0 Å². The first-order chi connectivity index (χ1) is 10.4. The lowest BCUT2D eigenvalue weighted by atomic mass is 9.72. The molecule has 0 aliphatic heterocycles. The molecule has 1 aliphatic rings. The van der Waals surface area contributed by atoms with Crippen LogP contribution in [-0.2, 0) is 15.3 Å². The van der Waals surface area contributed by atoms with Gasteiger partial charge in [0, 0.05) is 12.0 Å². The number of aldehydes is 1. The Labute approximate surface area is 125 Å². The van der Waals surface area contributed by atoms with E-state index in [1.54, 1.807) is 0 Å². The second kappa shape index (κ2) is 5.93. The zero-order valence-corrected chi connectivity index (χ0v) is 11.4. The van der Waals surface area contributed by atoms with Crippen LogP contribution in [0.3, 0.4) is 0 Å². The molecule has 0 aromatic heterocycles. The zero-order valence-electron chi connectivity index (χ0n) is 11.4. The number of hydrogen-bond acceptors (Lipinski definition) is 3. The van der Waals surface area contributed by atoms with Crippen molar-refractivity contribution in [2.75, 3.05) is 0 Å². The molecule has 5 nitrogen and oxygen atoms in total. The minimum atomic E-state index is -2.59. The van der Waals surface area contributed by atoms with Gasteiger partial charge in [0.15, 0.2) is 5.67 Å². The van der Waals surface area contributed by atoms with Crippen molar-refractivity contribution in [3.05, 3.63) is 59.2 Å². The fraction of sp³-hybridized carbons (Fsp3) is 0.188. The molecule has 0 bridgehead atoms. The highest BCUT2D eigenvalue weighted by Crippen LogP contribution is 2.46. The van der Waals surface area contributed by atoms with Crippen molar-refractivity contribution in [1.29, 1.82) is 0 Å². The van der Waals surface area contributed by atoms with E-state index in [0.717, 1.165) is 6.08 Å². The molecular weight excluding hydrogens is 291 g/mol. The lowest BCUT2D eigenvalue weighted by Crippen LogP contribution is -2.39. The lowest BCUT2D eigenvalue weighted by molar-refractivity contribution is -0.144. The molecule has 6 heteroatoms. The molecule has 2 N–H and O–H groups in total. The van der Waals surface area contributed by atoms with Gasteiger partial charge in [-0.25, -0.2) is 9.18 Å². The highest BCUT2D eigenvalue weighted by Gasteiger charge is 2.49. The first-order valence-electron chi connectivity index (χ1n) is 6.49. The van der Waals surface area contributed by atoms with Crippen LogP contribution < -0.4 is 0 Å². The molecule has 1 aromatic rings. The number of benzene rings is 1. The van der Waals surface area contributed by atoms with Crippen LogP contribution in [-0.4, -0.2) is 28.4 Å². The Morgan fingerprint density at radius 2 is 1.95 bits per heavy atom. The third-order valence-corrected chi connectivity index (χ3v) is 3.62. The van der Waals surface area contributed by atoms with E-state index >= 15 is 4.39 Å². The largest absolute Gasteiger partial charge is 0.481 e. The maximum absolute atomic E-state index is 15.8. The average Bonchev–Trinajstić information content (AvgIpc) is 2.49. The second-order valence-electron chi connectivity index (χ2n) is 4.83. The van der Waals surface area contributed by atoms with Crippen LogP contribution in [0.1, 0.15) is 22.3 Å². The standard InChI is InChI=1S/C16H13FO5/c17-16(12-6-2-1-5-11(12)14(19)20)10(8-9-18)4-3-7-13(16)15(21)22/h1-7,9,13H,8H2,(H,19,20)(H,21,22). The van der Waals surface area contributed by atoms with Crippen molar-refractivity contribution < 1.29 is 29.0 Å². The van der Waals surface area contributed by atoms with Gasteiger partial charge in [0.1, 0.15) is 12.2 Å². The molecule has 2 rings (SSSR count). The van der Waals surface area contributed by atoms with E-state index in [2.05, 4.69) is 0 Å². The number of carbonyl (C=O) groups is 3. The molecule has 1 aliphatic carbocycles. The number of carboxylic acids is 2. The summed E-state index contributed by atoms with van der Waals surface area (Å²) in [5.74, 6) is -4.40. The number of halogens is 1. The molecule has 0 saturated carbocycles. The van der Waals surface area contributed by atoms with Gasteiger partial charge in [0.05, 0.1) is 5.56 Å². The number of hydrogen-bond donors (Lipinski definition) is 2. The highest BCUT2D eigenvalue weighted by molar-refractivity contribution is 5.91. The van der Waals surface area contributed by atoms with E-state index in [1.807, 2.05) is 0 Å². The summed E-state index contributed by atoms with van der Waals surface area (Å²) in [6.07, 6.45) is 3.96. The van der Waals surface area contributed by atoms with Crippen LogP contribution in [0.2, 0.25) is 0 Å². The number of aliphatic carboxylic acids is 1. The number of carboxylic acid groups (broad SMARTS) is 2. The SMILES string of the molecule is O=CCC1=CC=CC(C(=O)O)C1(F)c1ccccc1C(=O)O. The first kappa shape index (κ1) is 15.6. The quantitative estimate of drug-likeness (QED) is 0.815. The number of alkyl halides is 1. The van der Waals surface area contributed by atoms with Crippen LogP contribution in [0.15, 0.2) is 48.1 Å². The van der Waals surface area contributed by atoms with Gasteiger partial charge >= 0.3 is 11.9 Å². The zero-order chi connectivity index (χ0) is 16.3. The average molecular weight is 304 g/mol. The summed E-state index contributed by atoms with van der Waals surface area (Å²) in [6, 6.07) is 5.29. The summed E-state index contributed by atoms with van der Waals surface area (Å²) in [7, 11) is 0. The van der Waals surface area contributed by atoms with E-state index in [0.29, 0.717) is 6.29 Å². The third kappa shape index (κ3) is 2.43.